The molecule has 1 saturated carbocycles. The van der Waals surface area contributed by atoms with E-state index in [9.17, 15) is 4.79 Å². The zero-order chi connectivity index (χ0) is 12.5. The van der Waals surface area contributed by atoms with Gasteiger partial charge >= 0.3 is 0 Å². The summed E-state index contributed by atoms with van der Waals surface area (Å²) in [6.07, 6.45) is 9.17. The predicted molar refractivity (Wildman–Crippen MR) is 70.8 cm³/mol. The number of piperidine rings is 1. The van der Waals surface area contributed by atoms with Crippen LogP contribution in [0, 0.1) is 0 Å². The molecule has 0 radical (unpaired) electrons. The van der Waals surface area contributed by atoms with E-state index in [2.05, 4.69) is 9.88 Å². The first-order chi connectivity index (χ1) is 8.81. The third-order valence-corrected chi connectivity index (χ3v) is 3.96. The van der Waals surface area contributed by atoms with Gasteiger partial charge in [-0.1, -0.05) is 0 Å². The molecule has 2 N–H and O–H groups in total. The summed E-state index contributed by atoms with van der Waals surface area (Å²) in [4.78, 5) is 18.9. The lowest BCUT2D eigenvalue weighted by atomic mass is 10.0. The SMILES string of the molecule is NCC1CCCCN1c1nccn(C2CC2)c1=O. The minimum absolute atomic E-state index is 0.0559. The lowest BCUT2D eigenvalue weighted by Crippen LogP contribution is -2.47. The molecule has 98 valence electrons. The Balaban J connectivity index is 1.95. The Morgan fingerprint density at radius 3 is 2.89 bits per heavy atom. The summed E-state index contributed by atoms with van der Waals surface area (Å²) in [5.41, 5.74) is 5.87. The van der Waals surface area contributed by atoms with Crippen LogP contribution in [0.4, 0.5) is 5.82 Å². The van der Waals surface area contributed by atoms with Crippen molar-refractivity contribution in [3.63, 3.8) is 0 Å². The van der Waals surface area contributed by atoms with E-state index in [0.717, 1.165) is 32.2 Å². The predicted octanol–water partition coefficient (Wildman–Crippen LogP) is 0.896. The van der Waals surface area contributed by atoms with Crippen LogP contribution in [-0.2, 0) is 0 Å². The van der Waals surface area contributed by atoms with Crippen molar-refractivity contribution < 1.29 is 0 Å². The molecule has 1 unspecified atom stereocenters. The lowest BCUT2D eigenvalue weighted by molar-refractivity contribution is 0.458. The Labute approximate surface area is 107 Å². The molecule has 2 heterocycles. The molecule has 5 heteroatoms. The maximum Gasteiger partial charge on any atom is 0.293 e. The third kappa shape index (κ3) is 2.03. The fourth-order valence-corrected chi connectivity index (χ4v) is 2.78. The normalized spacial score (nSPS) is 24.3. The van der Waals surface area contributed by atoms with Gasteiger partial charge in [-0.3, -0.25) is 4.79 Å². The fraction of sp³-hybridized carbons (Fsp3) is 0.692. The van der Waals surface area contributed by atoms with E-state index in [4.69, 9.17) is 5.73 Å². The highest BCUT2D eigenvalue weighted by Gasteiger charge is 2.29. The van der Waals surface area contributed by atoms with Gasteiger partial charge in [-0.15, -0.1) is 0 Å². The summed E-state index contributed by atoms with van der Waals surface area (Å²) >= 11 is 0. The second-order valence-corrected chi connectivity index (χ2v) is 5.27. The van der Waals surface area contributed by atoms with Crippen LogP contribution in [0.5, 0.6) is 0 Å². The summed E-state index contributed by atoms with van der Waals surface area (Å²) in [6.45, 7) is 1.50. The molecule has 18 heavy (non-hydrogen) atoms. The van der Waals surface area contributed by atoms with Crippen molar-refractivity contribution in [2.75, 3.05) is 18.0 Å². The molecule has 1 saturated heterocycles. The standard InChI is InChI=1S/C13H20N4O/c14-9-11-3-1-2-7-16(11)12-13(18)17(8-6-15-12)10-4-5-10/h6,8,10-11H,1-5,7,9,14H2. The van der Waals surface area contributed by atoms with Crippen LogP contribution in [0.3, 0.4) is 0 Å². The van der Waals surface area contributed by atoms with Gasteiger partial charge in [-0.2, -0.15) is 0 Å². The molecule has 2 aliphatic rings. The van der Waals surface area contributed by atoms with Crippen LogP contribution in [0.2, 0.25) is 0 Å². The van der Waals surface area contributed by atoms with Crippen molar-refractivity contribution in [2.45, 2.75) is 44.2 Å². The minimum Gasteiger partial charge on any atom is -0.348 e. The second kappa shape index (κ2) is 4.72. The number of hydrogen-bond donors (Lipinski definition) is 1. The van der Waals surface area contributed by atoms with Crippen LogP contribution >= 0.6 is 0 Å². The molecular weight excluding hydrogens is 228 g/mol. The summed E-state index contributed by atoms with van der Waals surface area (Å²) in [5, 5.41) is 0. The van der Waals surface area contributed by atoms with E-state index >= 15 is 0 Å². The van der Waals surface area contributed by atoms with E-state index in [-0.39, 0.29) is 11.6 Å². The smallest absolute Gasteiger partial charge is 0.293 e. The quantitative estimate of drug-likeness (QED) is 0.863. The van der Waals surface area contributed by atoms with Crippen molar-refractivity contribution in [2.24, 2.45) is 5.73 Å². The van der Waals surface area contributed by atoms with E-state index < -0.39 is 0 Å². The number of hydrogen-bond acceptors (Lipinski definition) is 4. The molecule has 3 rings (SSSR count). The van der Waals surface area contributed by atoms with Crippen LogP contribution < -0.4 is 16.2 Å². The monoisotopic (exact) mass is 248 g/mol. The second-order valence-electron chi connectivity index (χ2n) is 5.27. The Kier molecular flexibility index (Phi) is 3.07. The molecule has 1 aromatic rings. The maximum absolute atomic E-state index is 12.4. The first-order valence-electron chi connectivity index (χ1n) is 6.85. The van der Waals surface area contributed by atoms with Crippen molar-refractivity contribution in [1.29, 1.82) is 0 Å². The average Bonchev–Trinajstić information content (AvgIpc) is 3.23. The summed E-state index contributed by atoms with van der Waals surface area (Å²) in [5.74, 6) is 0.597. The van der Waals surface area contributed by atoms with Crippen molar-refractivity contribution in [3.8, 4) is 0 Å². The van der Waals surface area contributed by atoms with Crippen LogP contribution in [0.25, 0.3) is 0 Å². The van der Waals surface area contributed by atoms with Crippen molar-refractivity contribution >= 4 is 5.82 Å². The van der Waals surface area contributed by atoms with Crippen LogP contribution in [0.1, 0.15) is 38.1 Å². The van der Waals surface area contributed by atoms with Crippen LogP contribution in [-0.4, -0.2) is 28.7 Å². The van der Waals surface area contributed by atoms with Gasteiger partial charge in [0.1, 0.15) is 0 Å². The molecule has 5 nitrogen and oxygen atoms in total. The highest BCUT2D eigenvalue weighted by molar-refractivity contribution is 5.38. The molecule has 0 aromatic carbocycles. The van der Waals surface area contributed by atoms with Crippen molar-refractivity contribution in [3.05, 3.63) is 22.7 Å². The topological polar surface area (TPSA) is 64.2 Å². The molecule has 2 fully saturated rings. The highest BCUT2D eigenvalue weighted by Crippen LogP contribution is 2.33. The van der Waals surface area contributed by atoms with Crippen molar-refractivity contribution in [1.82, 2.24) is 9.55 Å². The van der Waals surface area contributed by atoms with Gasteiger partial charge in [-0.05, 0) is 32.1 Å². The molecule has 1 aromatic heterocycles. The number of nitrogens with zero attached hydrogens (tertiary/aromatic N) is 3. The van der Waals surface area contributed by atoms with Gasteiger partial charge in [-0.25, -0.2) is 4.98 Å². The number of nitrogens with two attached hydrogens (primary N) is 1. The van der Waals surface area contributed by atoms with Gasteiger partial charge in [0, 0.05) is 37.6 Å². The van der Waals surface area contributed by atoms with Gasteiger partial charge in [0.2, 0.25) is 0 Å². The zero-order valence-corrected chi connectivity index (χ0v) is 10.6. The molecule has 0 bridgehead atoms. The Bertz CT molecular complexity index is 480. The number of anilines is 1. The zero-order valence-electron chi connectivity index (χ0n) is 10.6. The average molecular weight is 248 g/mol. The Morgan fingerprint density at radius 2 is 2.17 bits per heavy atom. The lowest BCUT2D eigenvalue weighted by Gasteiger charge is -2.35. The number of aromatic nitrogens is 2. The van der Waals surface area contributed by atoms with E-state index in [1.807, 2.05) is 10.8 Å². The summed E-state index contributed by atoms with van der Waals surface area (Å²) in [7, 11) is 0. The summed E-state index contributed by atoms with van der Waals surface area (Å²) < 4.78 is 1.84. The Morgan fingerprint density at radius 1 is 1.33 bits per heavy atom. The van der Waals surface area contributed by atoms with E-state index in [1.54, 1.807) is 6.20 Å². The van der Waals surface area contributed by atoms with Gasteiger partial charge in [0.25, 0.3) is 5.56 Å². The van der Waals surface area contributed by atoms with Gasteiger partial charge < -0.3 is 15.2 Å². The minimum atomic E-state index is 0.0559. The van der Waals surface area contributed by atoms with E-state index in [1.165, 1.54) is 6.42 Å². The first kappa shape index (κ1) is 11.7. The molecular formula is C13H20N4O. The van der Waals surface area contributed by atoms with E-state index in [0.29, 0.717) is 18.4 Å². The van der Waals surface area contributed by atoms with Crippen LogP contribution in [0.15, 0.2) is 17.2 Å². The van der Waals surface area contributed by atoms with Gasteiger partial charge in [0.15, 0.2) is 5.82 Å². The summed E-state index contributed by atoms with van der Waals surface area (Å²) in [6, 6.07) is 0.675. The maximum atomic E-state index is 12.4. The largest absolute Gasteiger partial charge is 0.348 e. The highest BCUT2D eigenvalue weighted by atomic mass is 16.1. The molecule has 1 aliphatic carbocycles. The fourth-order valence-electron chi connectivity index (χ4n) is 2.78. The Hall–Kier alpha value is -1.36. The molecule has 1 atom stereocenters. The van der Waals surface area contributed by atoms with Gasteiger partial charge in [0.05, 0.1) is 0 Å². The number of rotatable bonds is 3. The molecule has 1 aliphatic heterocycles. The first-order valence-corrected chi connectivity index (χ1v) is 6.85. The third-order valence-electron chi connectivity index (χ3n) is 3.96. The molecule has 0 amide bonds. The molecule has 0 spiro atoms.